The smallest absolute Gasteiger partial charge is 0.333 e. The van der Waals surface area contributed by atoms with Crippen molar-refractivity contribution in [3.8, 4) is 0 Å². The summed E-state index contributed by atoms with van der Waals surface area (Å²) in [5.41, 5.74) is 0.930. The van der Waals surface area contributed by atoms with Crippen molar-refractivity contribution in [3.05, 3.63) is 11.6 Å². The van der Waals surface area contributed by atoms with Crippen LogP contribution in [0.3, 0.4) is 0 Å². The molecule has 0 aromatic heterocycles. The van der Waals surface area contributed by atoms with Crippen LogP contribution in [0.15, 0.2) is 11.6 Å². The van der Waals surface area contributed by atoms with Gasteiger partial charge in [-0.15, -0.1) is 0 Å². The van der Waals surface area contributed by atoms with Crippen LogP contribution in [0, 0.1) is 5.92 Å². The second-order valence-electron chi connectivity index (χ2n) is 4.12. The summed E-state index contributed by atoms with van der Waals surface area (Å²) in [6.45, 7) is 4.41. The molecule has 1 aliphatic rings. The average Bonchev–Trinajstić information content (AvgIpc) is 2.27. The first-order valence-corrected chi connectivity index (χ1v) is 6.16. The molecule has 1 rings (SSSR count). The molecule has 0 aromatic carbocycles. The molecule has 0 unspecified atom stereocenters. The number of allylic oxidation sites excluding steroid dienone is 1. The first-order chi connectivity index (χ1) is 7.29. The van der Waals surface area contributed by atoms with Gasteiger partial charge >= 0.3 is 5.97 Å². The van der Waals surface area contributed by atoms with Gasteiger partial charge in [-0.1, -0.05) is 32.3 Å². The third-order valence-electron chi connectivity index (χ3n) is 2.98. The Morgan fingerprint density at radius 1 is 1.27 bits per heavy atom. The molecular formula is C13H22O2. The van der Waals surface area contributed by atoms with Crippen LogP contribution >= 0.6 is 0 Å². The van der Waals surface area contributed by atoms with Crippen LogP contribution in [0.1, 0.15) is 52.4 Å². The monoisotopic (exact) mass is 210 g/mol. The molecule has 2 heteroatoms. The molecule has 86 valence electrons. The Balaban J connectivity index is 2.63. The molecule has 0 bridgehead atoms. The maximum atomic E-state index is 11.7. The molecule has 0 amide bonds. The lowest BCUT2D eigenvalue weighted by molar-refractivity contribution is -0.139. The predicted molar refractivity (Wildman–Crippen MR) is 61.6 cm³/mol. The van der Waals surface area contributed by atoms with Gasteiger partial charge in [-0.25, -0.2) is 4.79 Å². The van der Waals surface area contributed by atoms with Crippen molar-refractivity contribution in [2.75, 3.05) is 6.61 Å². The minimum Gasteiger partial charge on any atom is -0.463 e. The van der Waals surface area contributed by atoms with Gasteiger partial charge in [0.1, 0.15) is 0 Å². The van der Waals surface area contributed by atoms with Gasteiger partial charge in [-0.05, 0) is 32.1 Å². The lowest BCUT2D eigenvalue weighted by Gasteiger charge is -2.23. The Morgan fingerprint density at radius 3 is 2.47 bits per heavy atom. The molecule has 1 saturated carbocycles. The molecule has 0 saturated heterocycles. The Kier molecular flexibility index (Phi) is 5.44. The fourth-order valence-electron chi connectivity index (χ4n) is 2.26. The van der Waals surface area contributed by atoms with E-state index in [-0.39, 0.29) is 5.97 Å². The third-order valence-corrected chi connectivity index (χ3v) is 2.98. The Bertz CT molecular complexity index is 225. The van der Waals surface area contributed by atoms with Crippen molar-refractivity contribution < 1.29 is 9.53 Å². The van der Waals surface area contributed by atoms with Crippen molar-refractivity contribution in [1.29, 1.82) is 0 Å². The zero-order valence-corrected chi connectivity index (χ0v) is 9.92. The van der Waals surface area contributed by atoms with Crippen LogP contribution in [0.4, 0.5) is 0 Å². The number of rotatable bonds is 4. The SMILES string of the molecule is CCC=C(C(=O)OCC)C1CCCCC1. The van der Waals surface area contributed by atoms with E-state index < -0.39 is 0 Å². The largest absolute Gasteiger partial charge is 0.463 e. The molecule has 2 nitrogen and oxygen atoms in total. The Labute approximate surface area is 92.7 Å². The van der Waals surface area contributed by atoms with Gasteiger partial charge in [0, 0.05) is 5.57 Å². The maximum absolute atomic E-state index is 11.7. The van der Waals surface area contributed by atoms with Crippen LogP contribution in [-0.2, 0) is 9.53 Å². The lowest BCUT2D eigenvalue weighted by atomic mass is 9.83. The maximum Gasteiger partial charge on any atom is 0.333 e. The first kappa shape index (κ1) is 12.3. The van der Waals surface area contributed by atoms with Gasteiger partial charge in [0.2, 0.25) is 0 Å². The molecular weight excluding hydrogens is 188 g/mol. The summed E-state index contributed by atoms with van der Waals surface area (Å²) < 4.78 is 5.10. The molecule has 0 radical (unpaired) electrons. The molecule has 15 heavy (non-hydrogen) atoms. The predicted octanol–water partition coefficient (Wildman–Crippen LogP) is 3.47. The average molecular weight is 210 g/mol. The summed E-state index contributed by atoms with van der Waals surface area (Å²) in [6, 6.07) is 0. The van der Waals surface area contributed by atoms with Gasteiger partial charge < -0.3 is 4.74 Å². The number of esters is 1. The van der Waals surface area contributed by atoms with E-state index in [1.807, 2.05) is 13.0 Å². The quantitative estimate of drug-likeness (QED) is 0.524. The summed E-state index contributed by atoms with van der Waals surface area (Å²) in [7, 11) is 0. The summed E-state index contributed by atoms with van der Waals surface area (Å²) in [5, 5.41) is 0. The highest BCUT2D eigenvalue weighted by Crippen LogP contribution is 2.30. The van der Waals surface area contributed by atoms with Crippen molar-refractivity contribution >= 4 is 5.97 Å². The topological polar surface area (TPSA) is 26.3 Å². The summed E-state index contributed by atoms with van der Waals surface area (Å²) >= 11 is 0. The summed E-state index contributed by atoms with van der Waals surface area (Å²) in [5.74, 6) is 0.365. The van der Waals surface area contributed by atoms with Gasteiger partial charge in [0.15, 0.2) is 0 Å². The highest BCUT2D eigenvalue weighted by atomic mass is 16.5. The van der Waals surface area contributed by atoms with E-state index in [0.29, 0.717) is 12.5 Å². The van der Waals surface area contributed by atoms with Gasteiger partial charge in [0.25, 0.3) is 0 Å². The number of carbonyl (C=O) groups is 1. The molecule has 0 heterocycles. The highest BCUT2D eigenvalue weighted by molar-refractivity contribution is 5.89. The second kappa shape index (κ2) is 6.65. The van der Waals surface area contributed by atoms with Gasteiger partial charge in [0.05, 0.1) is 6.61 Å². The van der Waals surface area contributed by atoms with Crippen molar-refractivity contribution in [2.45, 2.75) is 52.4 Å². The lowest BCUT2D eigenvalue weighted by Crippen LogP contribution is -2.18. The molecule has 0 N–H and O–H groups in total. The fraction of sp³-hybridized carbons (Fsp3) is 0.769. The van der Waals surface area contributed by atoms with E-state index in [9.17, 15) is 4.79 Å². The zero-order chi connectivity index (χ0) is 11.1. The minimum absolute atomic E-state index is 0.0914. The molecule has 0 aliphatic heterocycles. The molecule has 1 aliphatic carbocycles. The van der Waals surface area contributed by atoms with E-state index in [1.165, 1.54) is 19.3 Å². The first-order valence-electron chi connectivity index (χ1n) is 6.16. The van der Waals surface area contributed by atoms with Crippen molar-refractivity contribution in [2.24, 2.45) is 5.92 Å². The highest BCUT2D eigenvalue weighted by Gasteiger charge is 2.23. The van der Waals surface area contributed by atoms with Crippen molar-refractivity contribution in [1.82, 2.24) is 0 Å². The second-order valence-corrected chi connectivity index (χ2v) is 4.12. The number of ether oxygens (including phenoxy) is 1. The fourth-order valence-corrected chi connectivity index (χ4v) is 2.26. The Morgan fingerprint density at radius 2 is 1.93 bits per heavy atom. The molecule has 0 atom stereocenters. The number of carbonyl (C=O) groups excluding carboxylic acids is 1. The third kappa shape index (κ3) is 3.69. The number of hydrogen-bond acceptors (Lipinski definition) is 2. The molecule has 0 aromatic rings. The van der Waals surface area contributed by atoms with E-state index in [0.717, 1.165) is 24.8 Å². The zero-order valence-electron chi connectivity index (χ0n) is 9.92. The Hall–Kier alpha value is -0.790. The van der Waals surface area contributed by atoms with Gasteiger partial charge in [-0.3, -0.25) is 0 Å². The van der Waals surface area contributed by atoms with E-state index in [4.69, 9.17) is 4.74 Å². The van der Waals surface area contributed by atoms with Crippen LogP contribution in [-0.4, -0.2) is 12.6 Å². The number of hydrogen-bond donors (Lipinski definition) is 0. The standard InChI is InChI=1S/C13H22O2/c1-3-8-12(13(14)15-4-2)11-9-6-5-7-10-11/h8,11H,3-7,9-10H2,1-2H3. The van der Waals surface area contributed by atoms with E-state index in [1.54, 1.807) is 0 Å². The minimum atomic E-state index is -0.0914. The van der Waals surface area contributed by atoms with Gasteiger partial charge in [-0.2, -0.15) is 0 Å². The van der Waals surface area contributed by atoms with Crippen LogP contribution < -0.4 is 0 Å². The van der Waals surface area contributed by atoms with Crippen LogP contribution in [0.2, 0.25) is 0 Å². The van der Waals surface area contributed by atoms with E-state index >= 15 is 0 Å². The van der Waals surface area contributed by atoms with E-state index in [2.05, 4.69) is 6.92 Å². The summed E-state index contributed by atoms with van der Waals surface area (Å²) in [6.07, 6.45) is 9.11. The summed E-state index contributed by atoms with van der Waals surface area (Å²) in [4.78, 5) is 11.7. The van der Waals surface area contributed by atoms with Crippen LogP contribution in [0.25, 0.3) is 0 Å². The molecule has 1 fully saturated rings. The normalized spacial score (nSPS) is 18.9. The molecule has 0 spiro atoms. The van der Waals surface area contributed by atoms with Crippen LogP contribution in [0.5, 0.6) is 0 Å². The van der Waals surface area contributed by atoms with Crippen molar-refractivity contribution in [3.63, 3.8) is 0 Å².